The Morgan fingerprint density at radius 1 is 1.06 bits per heavy atom. The minimum atomic E-state index is 0.907. The second-order valence-electron chi connectivity index (χ2n) is 4.49. The van der Waals surface area contributed by atoms with Gasteiger partial charge in [0.05, 0.1) is 13.7 Å². The molecule has 0 aromatic heterocycles. The molecule has 91 valence electrons. The second kappa shape index (κ2) is 4.73. The molecule has 0 bridgehead atoms. The maximum atomic E-state index is 5.17. The summed E-state index contributed by atoms with van der Waals surface area (Å²) in [4.78, 5) is 2.32. The van der Waals surface area contributed by atoms with Gasteiger partial charge >= 0.3 is 0 Å². The maximum Gasteiger partial charge on any atom is 0.118 e. The molecule has 0 unspecified atom stereocenters. The molecule has 0 atom stereocenters. The predicted molar refractivity (Wildman–Crippen MR) is 73.6 cm³/mol. The molecule has 2 heteroatoms. The van der Waals surface area contributed by atoms with Crippen LogP contribution in [0.3, 0.4) is 0 Å². The van der Waals surface area contributed by atoms with Crippen LogP contribution in [0.2, 0.25) is 0 Å². The zero-order valence-corrected chi connectivity index (χ0v) is 10.5. The molecule has 0 fully saturated rings. The molecule has 0 aliphatic carbocycles. The summed E-state index contributed by atoms with van der Waals surface area (Å²) in [7, 11) is 1.69. The van der Waals surface area contributed by atoms with E-state index in [1.54, 1.807) is 7.11 Å². The van der Waals surface area contributed by atoms with E-state index in [9.17, 15) is 0 Å². The van der Waals surface area contributed by atoms with Crippen molar-refractivity contribution in [3.63, 3.8) is 0 Å². The normalized spacial score (nSPS) is 13.5. The highest BCUT2D eigenvalue weighted by Gasteiger charge is 2.18. The van der Waals surface area contributed by atoms with Gasteiger partial charge in [-0.2, -0.15) is 0 Å². The van der Waals surface area contributed by atoms with Crippen LogP contribution in [0.1, 0.15) is 11.1 Å². The van der Waals surface area contributed by atoms with Gasteiger partial charge in [-0.25, -0.2) is 0 Å². The lowest BCUT2D eigenvalue weighted by Crippen LogP contribution is -2.15. The number of hydrogen-bond acceptors (Lipinski definition) is 2. The van der Waals surface area contributed by atoms with Gasteiger partial charge in [-0.3, -0.25) is 0 Å². The predicted octanol–water partition coefficient (Wildman–Crippen LogP) is 3.42. The van der Waals surface area contributed by atoms with Gasteiger partial charge in [0.15, 0.2) is 0 Å². The number of nitrogens with zero attached hydrogens (tertiary/aromatic N) is 1. The van der Waals surface area contributed by atoms with Gasteiger partial charge in [-0.1, -0.05) is 30.3 Å². The number of benzene rings is 2. The number of methoxy groups -OCH3 is 1. The number of ether oxygens (including phenoxy) is 1. The van der Waals surface area contributed by atoms with E-state index in [1.807, 2.05) is 12.1 Å². The molecule has 1 aliphatic rings. The van der Waals surface area contributed by atoms with Gasteiger partial charge in [0.25, 0.3) is 0 Å². The molecule has 3 rings (SSSR count). The van der Waals surface area contributed by atoms with Crippen molar-refractivity contribution in [1.29, 1.82) is 0 Å². The zero-order chi connectivity index (χ0) is 12.4. The van der Waals surface area contributed by atoms with Gasteiger partial charge in [-0.05, 0) is 35.7 Å². The molecular formula is C16H16NO. The smallest absolute Gasteiger partial charge is 0.118 e. The van der Waals surface area contributed by atoms with E-state index in [2.05, 4.69) is 47.8 Å². The third-order valence-electron chi connectivity index (χ3n) is 3.34. The Morgan fingerprint density at radius 2 is 1.83 bits per heavy atom. The molecule has 2 nitrogen and oxygen atoms in total. The molecule has 1 aliphatic heterocycles. The average Bonchev–Trinajstić information content (AvgIpc) is 2.83. The lowest BCUT2D eigenvalue weighted by atomic mass is 10.1. The van der Waals surface area contributed by atoms with Gasteiger partial charge in [0.2, 0.25) is 0 Å². The van der Waals surface area contributed by atoms with Crippen LogP contribution < -0.4 is 9.64 Å². The highest BCUT2D eigenvalue weighted by atomic mass is 16.5. The van der Waals surface area contributed by atoms with Crippen LogP contribution in [0, 0.1) is 6.54 Å². The molecule has 0 saturated carbocycles. The summed E-state index contributed by atoms with van der Waals surface area (Å²) < 4.78 is 5.17. The van der Waals surface area contributed by atoms with E-state index in [-0.39, 0.29) is 0 Å². The van der Waals surface area contributed by atoms with E-state index in [4.69, 9.17) is 4.74 Å². The molecule has 1 radical (unpaired) electrons. The second-order valence-corrected chi connectivity index (χ2v) is 4.49. The Bertz CT molecular complexity index is 533. The number of hydrogen-bond donors (Lipinski definition) is 0. The maximum absolute atomic E-state index is 5.17. The summed E-state index contributed by atoms with van der Waals surface area (Å²) in [6, 6.07) is 16.8. The van der Waals surface area contributed by atoms with Crippen LogP contribution in [0.15, 0.2) is 48.5 Å². The van der Waals surface area contributed by atoms with Crippen molar-refractivity contribution >= 4 is 5.69 Å². The first-order valence-corrected chi connectivity index (χ1v) is 6.17. The van der Waals surface area contributed by atoms with Crippen LogP contribution in [0.4, 0.5) is 5.69 Å². The topological polar surface area (TPSA) is 12.5 Å². The Kier molecular flexibility index (Phi) is 2.93. The highest BCUT2D eigenvalue weighted by Crippen LogP contribution is 2.31. The summed E-state index contributed by atoms with van der Waals surface area (Å²) in [6.45, 7) is 3.18. The number of rotatable bonds is 3. The van der Waals surface area contributed by atoms with Crippen molar-refractivity contribution in [2.75, 3.05) is 12.0 Å². The van der Waals surface area contributed by atoms with Crippen molar-refractivity contribution in [2.24, 2.45) is 0 Å². The van der Waals surface area contributed by atoms with Gasteiger partial charge in [0.1, 0.15) is 5.75 Å². The molecule has 0 N–H and O–H groups in total. The van der Waals surface area contributed by atoms with Crippen molar-refractivity contribution in [1.82, 2.24) is 0 Å². The molecule has 0 amide bonds. The molecule has 18 heavy (non-hydrogen) atoms. The van der Waals surface area contributed by atoms with Gasteiger partial charge in [-0.15, -0.1) is 0 Å². The van der Waals surface area contributed by atoms with Crippen LogP contribution >= 0.6 is 0 Å². The molecule has 2 aromatic carbocycles. The van der Waals surface area contributed by atoms with Crippen LogP contribution in [-0.4, -0.2) is 7.11 Å². The minimum absolute atomic E-state index is 0.907. The molecule has 0 spiro atoms. The van der Waals surface area contributed by atoms with Crippen LogP contribution in [0.25, 0.3) is 0 Å². The third kappa shape index (κ3) is 2.06. The fourth-order valence-corrected chi connectivity index (χ4v) is 2.35. The van der Waals surface area contributed by atoms with E-state index < -0.39 is 0 Å². The Balaban J connectivity index is 1.77. The summed E-state index contributed by atoms with van der Waals surface area (Å²) in [5.74, 6) is 0.907. The first-order valence-electron chi connectivity index (χ1n) is 6.17. The summed E-state index contributed by atoms with van der Waals surface area (Å²) in [6.07, 6.45) is 1.03. The fraction of sp³-hybridized carbons (Fsp3) is 0.188. The van der Waals surface area contributed by atoms with Crippen molar-refractivity contribution in [3.8, 4) is 5.75 Å². The quantitative estimate of drug-likeness (QED) is 0.812. The first kappa shape index (κ1) is 11.1. The third-order valence-corrected chi connectivity index (χ3v) is 3.34. The Morgan fingerprint density at radius 3 is 2.61 bits per heavy atom. The summed E-state index contributed by atoms with van der Waals surface area (Å²) in [5, 5.41) is 0. The highest BCUT2D eigenvalue weighted by molar-refractivity contribution is 5.60. The monoisotopic (exact) mass is 238 g/mol. The average molecular weight is 238 g/mol. The summed E-state index contributed by atoms with van der Waals surface area (Å²) >= 11 is 0. The van der Waals surface area contributed by atoms with E-state index in [1.165, 1.54) is 16.8 Å². The number of fused-ring (bicyclic) bond motifs is 1. The minimum Gasteiger partial charge on any atom is -0.497 e. The Labute approximate surface area is 108 Å². The lowest BCUT2D eigenvalue weighted by molar-refractivity contribution is 0.414. The number of anilines is 1. The van der Waals surface area contributed by atoms with Crippen molar-refractivity contribution in [3.05, 3.63) is 66.2 Å². The lowest BCUT2D eigenvalue weighted by Gasteiger charge is -2.19. The van der Waals surface area contributed by atoms with E-state index >= 15 is 0 Å². The van der Waals surface area contributed by atoms with Gasteiger partial charge in [0, 0.05) is 12.2 Å². The van der Waals surface area contributed by atoms with Gasteiger partial charge < -0.3 is 9.64 Å². The zero-order valence-electron chi connectivity index (χ0n) is 10.5. The molecule has 1 heterocycles. The largest absolute Gasteiger partial charge is 0.497 e. The van der Waals surface area contributed by atoms with Crippen LogP contribution in [0.5, 0.6) is 5.75 Å². The molecular weight excluding hydrogens is 222 g/mol. The SMILES string of the molecule is COc1ccc(CN2[CH]Cc3ccccc32)cc1. The molecule has 0 saturated heterocycles. The standard InChI is InChI=1S/C16H16NO/c1-18-15-8-6-13(7-9-15)12-17-11-10-14-4-2-3-5-16(14)17/h2-9,11H,10,12H2,1H3. The van der Waals surface area contributed by atoms with E-state index in [0.29, 0.717) is 0 Å². The van der Waals surface area contributed by atoms with E-state index in [0.717, 1.165) is 18.7 Å². The fourth-order valence-electron chi connectivity index (χ4n) is 2.35. The Hall–Kier alpha value is -1.96. The van der Waals surface area contributed by atoms with Crippen molar-refractivity contribution < 1.29 is 4.74 Å². The van der Waals surface area contributed by atoms with Crippen molar-refractivity contribution in [2.45, 2.75) is 13.0 Å². The van der Waals surface area contributed by atoms with Crippen LogP contribution in [-0.2, 0) is 13.0 Å². The summed E-state index contributed by atoms with van der Waals surface area (Å²) in [5.41, 5.74) is 4.03. The number of para-hydroxylation sites is 1. The first-order chi connectivity index (χ1) is 8.86. The molecule has 2 aromatic rings.